The van der Waals surface area contributed by atoms with Gasteiger partial charge in [-0.05, 0) is 30.5 Å². The molecule has 0 radical (unpaired) electrons. The largest absolute Gasteiger partial charge is 0.497 e. The topological polar surface area (TPSA) is 45.7 Å². The summed E-state index contributed by atoms with van der Waals surface area (Å²) in [5.74, 6) is 1.10. The van der Waals surface area contributed by atoms with Gasteiger partial charge in [-0.1, -0.05) is 12.1 Å². The second kappa shape index (κ2) is 8.97. The van der Waals surface area contributed by atoms with Gasteiger partial charge in [0.1, 0.15) is 5.75 Å². The number of aromatic nitrogens is 1. The number of rotatable bonds is 6. The van der Waals surface area contributed by atoms with E-state index >= 15 is 0 Å². The summed E-state index contributed by atoms with van der Waals surface area (Å²) in [6.45, 7) is 4.59. The summed E-state index contributed by atoms with van der Waals surface area (Å²) >= 11 is 1.70. The normalized spacial score (nSPS) is 15.8. The van der Waals surface area contributed by atoms with Crippen molar-refractivity contribution < 1.29 is 9.53 Å². The molecule has 1 aromatic heterocycles. The van der Waals surface area contributed by atoms with Crippen LogP contribution in [0, 0.1) is 0 Å². The summed E-state index contributed by atoms with van der Waals surface area (Å²) in [4.78, 5) is 22.4. The fourth-order valence-corrected chi connectivity index (χ4v) is 3.79. The minimum absolute atomic E-state index is 0.252. The second-order valence-electron chi connectivity index (χ2n) is 6.33. The van der Waals surface area contributed by atoms with Crippen LogP contribution in [-0.4, -0.2) is 54.0 Å². The molecule has 0 bridgehead atoms. The van der Waals surface area contributed by atoms with Crippen LogP contribution in [0.25, 0.3) is 0 Å². The molecule has 1 saturated heterocycles. The Hall–Kier alpha value is -1.92. The molecule has 1 aliphatic heterocycles. The highest BCUT2D eigenvalue weighted by Crippen LogP contribution is 2.16. The molecule has 1 fully saturated rings. The number of carbonyl (C=O) groups is 1. The van der Waals surface area contributed by atoms with Gasteiger partial charge in [0.15, 0.2) is 0 Å². The Bertz CT molecular complexity index is 675. The number of thiazole rings is 1. The highest BCUT2D eigenvalue weighted by atomic mass is 32.1. The molecular formula is C19H25N3O2S. The molecule has 25 heavy (non-hydrogen) atoms. The van der Waals surface area contributed by atoms with Gasteiger partial charge in [-0.2, -0.15) is 0 Å². The predicted octanol–water partition coefficient (Wildman–Crippen LogP) is 2.82. The summed E-state index contributed by atoms with van der Waals surface area (Å²) in [5, 5.41) is 0. The van der Waals surface area contributed by atoms with Gasteiger partial charge < -0.3 is 9.64 Å². The van der Waals surface area contributed by atoms with Gasteiger partial charge in [-0.15, -0.1) is 11.3 Å². The lowest BCUT2D eigenvalue weighted by molar-refractivity contribution is -0.131. The van der Waals surface area contributed by atoms with Crippen LogP contribution in [0.2, 0.25) is 0 Å². The number of amides is 1. The molecule has 1 amide bonds. The van der Waals surface area contributed by atoms with E-state index in [-0.39, 0.29) is 5.91 Å². The van der Waals surface area contributed by atoms with Crippen molar-refractivity contribution in [1.29, 1.82) is 0 Å². The molecule has 0 atom stereocenters. The molecule has 0 saturated carbocycles. The van der Waals surface area contributed by atoms with Crippen molar-refractivity contribution in [2.75, 3.05) is 33.3 Å². The quantitative estimate of drug-likeness (QED) is 0.796. The number of carbonyl (C=O) groups excluding carboxylic acids is 1. The smallest absolute Gasteiger partial charge is 0.222 e. The average molecular weight is 359 g/mol. The molecule has 2 aromatic rings. The molecule has 134 valence electrons. The first-order chi connectivity index (χ1) is 12.2. The van der Waals surface area contributed by atoms with Crippen molar-refractivity contribution in [2.45, 2.75) is 25.8 Å². The Balaban J connectivity index is 1.47. The van der Waals surface area contributed by atoms with Gasteiger partial charge in [0.2, 0.25) is 5.91 Å². The maximum absolute atomic E-state index is 12.6. The predicted molar refractivity (Wildman–Crippen MR) is 99.9 cm³/mol. The molecule has 1 aliphatic rings. The summed E-state index contributed by atoms with van der Waals surface area (Å²) in [5.41, 5.74) is 3.02. The van der Waals surface area contributed by atoms with Crippen LogP contribution >= 0.6 is 11.3 Å². The van der Waals surface area contributed by atoms with Crippen molar-refractivity contribution in [3.8, 4) is 5.75 Å². The number of aryl methyl sites for hydroxylation is 1. The molecule has 0 aliphatic carbocycles. The van der Waals surface area contributed by atoms with Gasteiger partial charge in [-0.3, -0.25) is 14.7 Å². The molecule has 5 nitrogen and oxygen atoms in total. The molecule has 0 N–H and O–H groups in total. The van der Waals surface area contributed by atoms with Crippen molar-refractivity contribution in [1.82, 2.24) is 14.8 Å². The van der Waals surface area contributed by atoms with Gasteiger partial charge >= 0.3 is 0 Å². The van der Waals surface area contributed by atoms with Crippen LogP contribution in [-0.2, 0) is 17.8 Å². The first-order valence-corrected chi connectivity index (χ1v) is 9.63. The lowest BCUT2D eigenvalue weighted by atomic mass is 10.1. The van der Waals surface area contributed by atoms with Crippen LogP contribution in [0.5, 0.6) is 5.75 Å². The molecule has 0 spiro atoms. The van der Waals surface area contributed by atoms with Gasteiger partial charge in [-0.25, -0.2) is 0 Å². The van der Waals surface area contributed by atoms with Gasteiger partial charge in [0.25, 0.3) is 0 Å². The molecule has 6 heteroatoms. The third kappa shape index (κ3) is 5.28. The molecule has 2 heterocycles. The number of ether oxygens (including phenoxy) is 1. The number of benzene rings is 1. The Morgan fingerprint density at radius 2 is 2.20 bits per heavy atom. The van der Waals surface area contributed by atoms with Crippen molar-refractivity contribution in [3.63, 3.8) is 0 Å². The van der Waals surface area contributed by atoms with Crippen LogP contribution in [0.4, 0.5) is 0 Å². The maximum atomic E-state index is 12.6. The Kier molecular flexibility index (Phi) is 6.42. The fraction of sp³-hybridized carbons (Fsp3) is 0.474. The van der Waals surface area contributed by atoms with E-state index in [1.165, 1.54) is 4.88 Å². The van der Waals surface area contributed by atoms with E-state index in [1.54, 1.807) is 18.4 Å². The number of hydrogen-bond donors (Lipinski definition) is 0. The minimum atomic E-state index is 0.252. The third-order valence-electron chi connectivity index (χ3n) is 4.57. The Labute approximate surface area is 153 Å². The SMILES string of the molecule is COc1cccc(CCC(=O)N2CCCN(Cc3cncs3)CC2)c1. The van der Waals surface area contributed by atoms with E-state index in [1.807, 2.05) is 34.8 Å². The monoisotopic (exact) mass is 359 g/mol. The number of methoxy groups -OCH3 is 1. The van der Waals surface area contributed by atoms with E-state index in [4.69, 9.17) is 4.74 Å². The van der Waals surface area contributed by atoms with Crippen LogP contribution < -0.4 is 4.74 Å². The second-order valence-corrected chi connectivity index (χ2v) is 7.30. The first kappa shape index (κ1) is 17.9. The van der Waals surface area contributed by atoms with Gasteiger partial charge in [0, 0.05) is 50.2 Å². The zero-order valence-electron chi connectivity index (χ0n) is 14.7. The van der Waals surface area contributed by atoms with Crippen molar-refractivity contribution >= 4 is 17.2 Å². The average Bonchev–Trinajstić information content (AvgIpc) is 3.04. The lowest BCUT2D eigenvalue weighted by Crippen LogP contribution is -2.35. The highest BCUT2D eigenvalue weighted by molar-refractivity contribution is 7.09. The first-order valence-electron chi connectivity index (χ1n) is 8.75. The highest BCUT2D eigenvalue weighted by Gasteiger charge is 2.19. The van der Waals surface area contributed by atoms with Crippen molar-refractivity contribution in [3.05, 3.63) is 46.4 Å². The molecule has 0 unspecified atom stereocenters. The fourth-order valence-electron chi connectivity index (χ4n) is 3.16. The van der Waals surface area contributed by atoms with Crippen LogP contribution in [0.1, 0.15) is 23.3 Å². The summed E-state index contributed by atoms with van der Waals surface area (Å²) in [7, 11) is 1.67. The lowest BCUT2D eigenvalue weighted by Gasteiger charge is -2.21. The van der Waals surface area contributed by atoms with Crippen molar-refractivity contribution in [2.24, 2.45) is 0 Å². The molecule has 3 rings (SSSR count). The minimum Gasteiger partial charge on any atom is -0.497 e. The van der Waals surface area contributed by atoms with Crippen LogP contribution in [0.3, 0.4) is 0 Å². The zero-order valence-corrected chi connectivity index (χ0v) is 15.5. The third-order valence-corrected chi connectivity index (χ3v) is 5.33. The molecular weight excluding hydrogens is 334 g/mol. The van der Waals surface area contributed by atoms with E-state index in [2.05, 4.69) is 16.0 Å². The van der Waals surface area contributed by atoms with E-state index < -0.39 is 0 Å². The summed E-state index contributed by atoms with van der Waals surface area (Å²) in [6, 6.07) is 7.96. The Morgan fingerprint density at radius 1 is 1.28 bits per heavy atom. The van der Waals surface area contributed by atoms with E-state index in [0.717, 1.165) is 56.9 Å². The number of hydrogen-bond acceptors (Lipinski definition) is 5. The Morgan fingerprint density at radius 3 is 3.00 bits per heavy atom. The summed E-state index contributed by atoms with van der Waals surface area (Å²) in [6.07, 6.45) is 4.29. The molecule has 1 aromatic carbocycles. The van der Waals surface area contributed by atoms with E-state index in [0.29, 0.717) is 6.42 Å². The summed E-state index contributed by atoms with van der Waals surface area (Å²) < 4.78 is 5.24. The maximum Gasteiger partial charge on any atom is 0.222 e. The van der Waals surface area contributed by atoms with Crippen LogP contribution in [0.15, 0.2) is 36.0 Å². The van der Waals surface area contributed by atoms with Gasteiger partial charge in [0.05, 0.1) is 12.6 Å². The zero-order chi connectivity index (χ0) is 17.5. The standard InChI is InChI=1S/C19H25N3O2S/c1-24-17-5-2-4-16(12-17)6-7-19(23)22-9-3-8-21(10-11-22)14-18-13-20-15-25-18/h2,4-5,12-13,15H,3,6-11,14H2,1H3. The number of nitrogens with zero attached hydrogens (tertiary/aromatic N) is 3. The van der Waals surface area contributed by atoms with E-state index in [9.17, 15) is 4.79 Å².